The molecule has 31 heavy (non-hydrogen) atoms. The molecule has 1 aliphatic heterocycles. The van der Waals surface area contributed by atoms with Gasteiger partial charge in [-0.3, -0.25) is 9.59 Å². The van der Waals surface area contributed by atoms with Crippen molar-refractivity contribution >= 4 is 11.8 Å². The second kappa shape index (κ2) is 9.11. The third-order valence-corrected chi connectivity index (χ3v) is 5.50. The third kappa shape index (κ3) is 4.65. The lowest BCUT2D eigenvalue weighted by molar-refractivity contribution is -0.131. The topological polar surface area (TPSA) is 106 Å². The van der Waals surface area contributed by atoms with Gasteiger partial charge in [0.1, 0.15) is 12.2 Å². The summed E-state index contributed by atoms with van der Waals surface area (Å²) in [6, 6.07) is 11.2. The molecule has 2 aromatic heterocycles. The molecule has 0 saturated carbocycles. The van der Waals surface area contributed by atoms with Crippen molar-refractivity contribution in [3.8, 4) is 11.3 Å². The molecule has 0 spiro atoms. The summed E-state index contributed by atoms with van der Waals surface area (Å²) in [7, 11) is 0. The molecule has 9 heteroatoms. The van der Waals surface area contributed by atoms with Crippen molar-refractivity contribution in [2.75, 3.05) is 19.6 Å². The first-order valence-electron chi connectivity index (χ1n) is 10.5. The van der Waals surface area contributed by atoms with Crippen molar-refractivity contribution in [3.05, 3.63) is 54.2 Å². The Labute approximate surface area is 180 Å². The van der Waals surface area contributed by atoms with Crippen LogP contribution in [0, 0.1) is 0 Å². The molecule has 162 valence electrons. The van der Waals surface area contributed by atoms with Gasteiger partial charge in [0.25, 0.3) is 5.91 Å². The Balaban J connectivity index is 1.34. The van der Waals surface area contributed by atoms with E-state index in [4.69, 9.17) is 4.52 Å². The molecule has 1 N–H and O–H groups in total. The number of piperidine rings is 1. The summed E-state index contributed by atoms with van der Waals surface area (Å²) in [5, 5.41) is 14.8. The fourth-order valence-electron chi connectivity index (χ4n) is 3.84. The van der Waals surface area contributed by atoms with Crippen LogP contribution in [-0.2, 0) is 4.79 Å². The van der Waals surface area contributed by atoms with Crippen LogP contribution in [0.2, 0.25) is 0 Å². The quantitative estimate of drug-likeness (QED) is 0.655. The molecule has 3 aromatic rings. The van der Waals surface area contributed by atoms with Crippen molar-refractivity contribution in [3.63, 3.8) is 0 Å². The zero-order chi connectivity index (χ0) is 21.8. The largest absolute Gasteiger partial charge is 0.355 e. The number of amides is 2. The summed E-state index contributed by atoms with van der Waals surface area (Å²) >= 11 is 0. The highest BCUT2D eigenvalue weighted by atomic mass is 16.5. The predicted octanol–water partition coefficient (Wildman–Crippen LogP) is 2.65. The van der Waals surface area contributed by atoms with Crippen LogP contribution < -0.4 is 5.32 Å². The lowest BCUT2D eigenvalue weighted by atomic mass is 9.96. The van der Waals surface area contributed by atoms with E-state index in [1.165, 1.54) is 0 Å². The summed E-state index contributed by atoms with van der Waals surface area (Å²) in [5.41, 5.74) is 0.979. The second-order valence-corrected chi connectivity index (χ2v) is 7.99. The summed E-state index contributed by atoms with van der Waals surface area (Å²) in [4.78, 5) is 26.9. The van der Waals surface area contributed by atoms with Crippen molar-refractivity contribution in [2.45, 2.75) is 38.6 Å². The van der Waals surface area contributed by atoms with Crippen LogP contribution >= 0.6 is 0 Å². The predicted molar refractivity (Wildman–Crippen MR) is 113 cm³/mol. The maximum Gasteiger partial charge on any atom is 0.273 e. The average molecular weight is 422 g/mol. The van der Waals surface area contributed by atoms with E-state index < -0.39 is 5.91 Å². The highest BCUT2D eigenvalue weighted by molar-refractivity contribution is 5.95. The molecule has 0 aliphatic carbocycles. The molecule has 1 unspecified atom stereocenters. The van der Waals surface area contributed by atoms with Gasteiger partial charge < -0.3 is 19.3 Å². The fourth-order valence-corrected chi connectivity index (χ4v) is 3.84. The maximum atomic E-state index is 12.7. The van der Waals surface area contributed by atoms with Gasteiger partial charge in [0.2, 0.25) is 5.91 Å². The van der Waals surface area contributed by atoms with Crippen LogP contribution in [0.4, 0.5) is 0 Å². The lowest BCUT2D eigenvalue weighted by Gasteiger charge is -2.32. The van der Waals surface area contributed by atoms with Gasteiger partial charge in [0.05, 0.1) is 6.54 Å². The summed E-state index contributed by atoms with van der Waals surface area (Å²) in [5.74, 6) is 0.993. The van der Waals surface area contributed by atoms with E-state index in [-0.39, 0.29) is 30.1 Å². The molecule has 1 atom stereocenters. The number of carbonyl (C=O) groups excluding carboxylic acids is 2. The van der Waals surface area contributed by atoms with Crippen molar-refractivity contribution in [1.82, 2.24) is 30.1 Å². The van der Waals surface area contributed by atoms with Crippen LogP contribution in [0.1, 0.15) is 55.0 Å². The van der Waals surface area contributed by atoms with E-state index in [1.54, 1.807) is 17.3 Å². The number of aromatic nitrogens is 4. The van der Waals surface area contributed by atoms with Gasteiger partial charge in [-0.05, 0) is 26.7 Å². The van der Waals surface area contributed by atoms with E-state index >= 15 is 0 Å². The number of rotatable bonds is 6. The number of hydrogen-bond acceptors (Lipinski definition) is 6. The molecule has 4 rings (SSSR count). The third-order valence-electron chi connectivity index (χ3n) is 5.50. The molecule has 3 heterocycles. The summed E-state index contributed by atoms with van der Waals surface area (Å²) in [6.07, 6.45) is 3.59. The normalized spacial score (nSPS) is 16.5. The van der Waals surface area contributed by atoms with E-state index in [2.05, 4.69) is 39.1 Å². The van der Waals surface area contributed by atoms with Gasteiger partial charge >= 0.3 is 0 Å². The Morgan fingerprint density at radius 1 is 1.26 bits per heavy atom. The Morgan fingerprint density at radius 3 is 2.84 bits per heavy atom. The smallest absolute Gasteiger partial charge is 0.273 e. The maximum absolute atomic E-state index is 12.7. The lowest BCUT2D eigenvalue weighted by Crippen LogP contribution is -2.45. The van der Waals surface area contributed by atoms with Gasteiger partial charge in [-0.2, -0.15) is 0 Å². The van der Waals surface area contributed by atoms with Crippen LogP contribution in [-0.4, -0.2) is 56.3 Å². The Bertz CT molecular complexity index is 1040. The molecule has 1 aromatic carbocycles. The van der Waals surface area contributed by atoms with Gasteiger partial charge in [-0.25, -0.2) is 0 Å². The SMILES string of the molecule is CC(C)n1cnnc1C1CCCN(C(=O)CNC(=O)c2cc(-c3ccccc3)on2)C1. The number of nitrogens with zero attached hydrogens (tertiary/aromatic N) is 5. The number of benzene rings is 1. The minimum atomic E-state index is -0.438. The second-order valence-electron chi connectivity index (χ2n) is 7.99. The Kier molecular flexibility index (Phi) is 6.11. The molecule has 1 aliphatic rings. The van der Waals surface area contributed by atoms with Crippen molar-refractivity contribution in [2.24, 2.45) is 0 Å². The van der Waals surface area contributed by atoms with E-state index in [1.807, 2.05) is 30.3 Å². The van der Waals surface area contributed by atoms with E-state index in [0.717, 1.165) is 24.2 Å². The summed E-state index contributed by atoms with van der Waals surface area (Å²) in [6.45, 7) is 5.32. The first-order valence-corrected chi connectivity index (χ1v) is 10.5. The molecule has 9 nitrogen and oxygen atoms in total. The van der Waals surface area contributed by atoms with Gasteiger partial charge in [-0.15, -0.1) is 10.2 Å². The molecule has 2 amide bonds. The van der Waals surface area contributed by atoms with Crippen LogP contribution in [0.15, 0.2) is 47.2 Å². The zero-order valence-electron chi connectivity index (χ0n) is 17.7. The number of likely N-dealkylation sites (tertiary alicyclic amines) is 1. The molecular weight excluding hydrogens is 396 g/mol. The van der Waals surface area contributed by atoms with Crippen LogP contribution in [0.25, 0.3) is 11.3 Å². The first-order chi connectivity index (χ1) is 15.0. The average Bonchev–Trinajstić information content (AvgIpc) is 3.48. The van der Waals surface area contributed by atoms with Gasteiger partial charge in [0.15, 0.2) is 11.5 Å². The fraction of sp³-hybridized carbons (Fsp3) is 0.409. The number of hydrogen-bond donors (Lipinski definition) is 1. The van der Waals surface area contributed by atoms with E-state index in [9.17, 15) is 9.59 Å². The molecular formula is C22H26N6O3. The summed E-state index contributed by atoms with van der Waals surface area (Å²) < 4.78 is 7.31. The number of carbonyl (C=O) groups is 2. The number of nitrogens with one attached hydrogen (secondary N) is 1. The highest BCUT2D eigenvalue weighted by Gasteiger charge is 2.28. The van der Waals surface area contributed by atoms with Gasteiger partial charge in [-0.1, -0.05) is 35.5 Å². The molecule has 0 radical (unpaired) electrons. The molecule has 1 saturated heterocycles. The zero-order valence-corrected chi connectivity index (χ0v) is 17.7. The van der Waals surface area contributed by atoms with Gasteiger partial charge in [0, 0.05) is 36.7 Å². The van der Waals surface area contributed by atoms with Crippen molar-refractivity contribution in [1.29, 1.82) is 0 Å². The monoisotopic (exact) mass is 422 g/mol. The first kappa shape index (κ1) is 20.8. The minimum Gasteiger partial charge on any atom is -0.355 e. The Morgan fingerprint density at radius 2 is 2.06 bits per heavy atom. The van der Waals surface area contributed by atoms with Crippen molar-refractivity contribution < 1.29 is 14.1 Å². The Hall–Kier alpha value is -3.49. The van der Waals surface area contributed by atoms with E-state index in [0.29, 0.717) is 18.8 Å². The highest BCUT2D eigenvalue weighted by Crippen LogP contribution is 2.27. The minimum absolute atomic E-state index is 0.0873. The molecule has 0 bridgehead atoms. The van der Waals surface area contributed by atoms with Crippen LogP contribution in [0.5, 0.6) is 0 Å². The standard InChI is InChI=1S/C22H26N6O3/c1-15(2)28-14-24-25-21(28)17-9-6-10-27(13-17)20(29)12-23-22(30)18-11-19(31-26-18)16-7-4-3-5-8-16/h3-5,7-8,11,14-15,17H,6,9-10,12-13H2,1-2H3,(H,23,30). The van der Waals surface area contributed by atoms with Crippen LogP contribution in [0.3, 0.4) is 0 Å². The molecule has 1 fully saturated rings.